The monoisotopic (exact) mass is 447 g/mol. The molecule has 8 nitrogen and oxygen atoms in total. The van der Waals surface area contributed by atoms with E-state index in [0.29, 0.717) is 16.6 Å². The van der Waals surface area contributed by atoms with Crippen molar-refractivity contribution in [3.8, 4) is 5.88 Å². The number of nitrogens with zero attached hydrogens (tertiary/aromatic N) is 5. The summed E-state index contributed by atoms with van der Waals surface area (Å²) >= 11 is 1.30. The molecule has 3 heterocycles. The van der Waals surface area contributed by atoms with Crippen LogP contribution in [0.2, 0.25) is 0 Å². The van der Waals surface area contributed by atoms with Crippen LogP contribution >= 0.6 is 11.8 Å². The Bertz CT molecular complexity index is 1170. The number of hydrogen-bond donors (Lipinski definition) is 0. The van der Waals surface area contributed by atoms with E-state index < -0.39 is 9.84 Å². The summed E-state index contributed by atoms with van der Waals surface area (Å²) in [5, 5.41) is 5.11. The molecule has 0 aliphatic carbocycles. The summed E-state index contributed by atoms with van der Waals surface area (Å²) < 4.78 is 34.3. The molecule has 10 heteroatoms. The topological polar surface area (TPSA) is 80.0 Å². The number of methoxy groups -OCH3 is 1. The third kappa shape index (κ3) is 3.42. The Labute approximate surface area is 180 Å². The molecule has 0 N–H and O–H groups in total. The lowest BCUT2D eigenvalue weighted by Gasteiger charge is -2.34. The molecule has 0 amide bonds. The minimum Gasteiger partial charge on any atom is -0.481 e. The number of fused-ring (bicyclic) bond motifs is 1. The molecule has 30 heavy (non-hydrogen) atoms. The Morgan fingerprint density at radius 1 is 1.10 bits per heavy atom. The van der Waals surface area contributed by atoms with E-state index in [9.17, 15) is 8.42 Å². The Morgan fingerprint density at radius 3 is 2.37 bits per heavy atom. The predicted molar refractivity (Wildman–Crippen MR) is 118 cm³/mol. The lowest BCUT2D eigenvalue weighted by molar-refractivity contribution is 0.310. The minimum absolute atomic E-state index is 0.120. The van der Waals surface area contributed by atoms with Gasteiger partial charge in [0.2, 0.25) is 15.7 Å². The second kappa shape index (κ2) is 8.09. The van der Waals surface area contributed by atoms with Gasteiger partial charge in [0.1, 0.15) is 10.8 Å². The van der Waals surface area contributed by atoms with Gasteiger partial charge in [-0.15, -0.1) is 11.8 Å². The molecule has 1 aromatic carbocycles. The summed E-state index contributed by atoms with van der Waals surface area (Å²) in [7, 11) is -0.161. The van der Waals surface area contributed by atoms with Gasteiger partial charge in [-0.3, -0.25) is 0 Å². The van der Waals surface area contributed by atoms with E-state index in [0.717, 1.165) is 37.6 Å². The summed E-state index contributed by atoms with van der Waals surface area (Å²) in [4.78, 5) is 9.40. The van der Waals surface area contributed by atoms with Crippen molar-refractivity contribution in [1.82, 2.24) is 19.5 Å². The number of thioether (sulfide) groups is 1. The summed E-state index contributed by atoms with van der Waals surface area (Å²) in [6, 6.07) is 8.41. The van der Waals surface area contributed by atoms with Crippen molar-refractivity contribution in [2.24, 2.45) is 0 Å². The molecule has 0 radical (unpaired) electrons. The molecule has 1 aliphatic rings. The molecule has 0 saturated carbocycles. The summed E-state index contributed by atoms with van der Waals surface area (Å²) in [6.45, 7) is 5.39. The average molecular weight is 448 g/mol. The maximum absolute atomic E-state index is 13.5. The van der Waals surface area contributed by atoms with Crippen LogP contribution in [-0.2, 0) is 9.84 Å². The molecule has 2 aromatic heterocycles. The molecule has 0 unspecified atom stereocenters. The van der Waals surface area contributed by atoms with Gasteiger partial charge >= 0.3 is 0 Å². The van der Waals surface area contributed by atoms with Gasteiger partial charge < -0.3 is 14.5 Å². The molecular weight excluding hydrogens is 422 g/mol. The number of likely N-dealkylation sites (N-methyl/N-ethyl adjacent to an activating group) is 1. The Morgan fingerprint density at radius 2 is 1.77 bits per heavy atom. The summed E-state index contributed by atoms with van der Waals surface area (Å²) in [5.41, 5.74) is 1.13. The van der Waals surface area contributed by atoms with Gasteiger partial charge in [0, 0.05) is 26.2 Å². The number of ether oxygens (including phenoxy) is 1. The molecule has 160 valence electrons. The molecule has 0 spiro atoms. The summed E-state index contributed by atoms with van der Waals surface area (Å²) in [5.74, 6) is 1.24. The first-order valence-corrected chi connectivity index (χ1v) is 12.3. The van der Waals surface area contributed by atoms with E-state index in [1.54, 1.807) is 42.0 Å². The standard InChI is InChI=1S/C20H25N5O3S2/c1-14-18(28-3)21-17-16(30(26,27)15-8-6-5-7-9-15)19(29-4)22-25(17)20(14)24-12-10-23(2)11-13-24/h5-9H,10-13H2,1-4H3. The summed E-state index contributed by atoms with van der Waals surface area (Å²) in [6.07, 6.45) is 1.82. The maximum Gasteiger partial charge on any atom is 0.221 e. The van der Waals surface area contributed by atoms with Crippen LogP contribution in [0.4, 0.5) is 5.82 Å². The van der Waals surface area contributed by atoms with Crippen LogP contribution in [0.15, 0.2) is 45.1 Å². The van der Waals surface area contributed by atoms with Gasteiger partial charge in [-0.25, -0.2) is 8.42 Å². The van der Waals surface area contributed by atoms with Crippen LogP contribution < -0.4 is 9.64 Å². The fourth-order valence-corrected chi connectivity index (χ4v) is 6.14. The highest BCUT2D eigenvalue weighted by atomic mass is 32.2. The number of rotatable bonds is 5. The zero-order valence-corrected chi connectivity index (χ0v) is 19.1. The number of anilines is 1. The first-order chi connectivity index (χ1) is 14.4. The van der Waals surface area contributed by atoms with Crippen molar-refractivity contribution in [3.63, 3.8) is 0 Å². The van der Waals surface area contributed by atoms with Crippen LogP contribution in [0, 0.1) is 6.92 Å². The number of sulfone groups is 1. The van der Waals surface area contributed by atoms with Crippen LogP contribution in [0.3, 0.4) is 0 Å². The van der Waals surface area contributed by atoms with Crippen LogP contribution in [0.25, 0.3) is 5.65 Å². The SMILES string of the molecule is COc1nc2c(S(=O)(=O)c3ccccc3)c(SC)nn2c(N2CCN(C)CC2)c1C. The van der Waals surface area contributed by atoms with Gasteiger partial charge in [-0.05, 0) is 32.4 Å². The minimum atomic E-state index is -3.81. The Hall–Kier alpha value is -2.30. The maximum atomic E-state index is 13.5. The second-order valence-corrected chi connectivity index (χ2v) is 9.93. The van der Waals surface area contributed by atoms with Crippen molar-refractivity contribution in [3.05, 3.63) is 35.9 Å². The molecular formula is C20H25N5O3S2. The second-order valence-electron chi connectivity index (χ2n) is 7.25. The lowest BCUT2D eigenvalue weighted by atomic mass is 10.2. The zero-order chi connectivity index (χ0) is 21.5. The normalized spacial score (nSPS) is 15.7. The van der Waals surface area contributed by atoms with Gasteiger partial charge in [0.15, 0.2) is 10.5 Å². The third-order valence-corrected chi connectivity index (χ3v) is 7.97. The quantitative estimate of drug-likeness (QED) is 0.552. The molecule has 0 bridgehead atoms. The average Bonchev–Trinajstić information content (AvgIpc) is 3.13. The van der Waals surface area contributed by atoms with E-state index in [2.05, 4.69) is 26.9 Å². The van der Waals surface area contributed by atoms with Gasteiger partial charge in [0.25, 0.3) is 0 Å². The first kappa shape index (κ1) is 21.0. The fourth-order valence-electron chi connectivity index (χ4n) is 3.73. The highest BCUT2D eigenvalue weighted by Crippen LogP contribution is 2.37. The van der Waals surface area contributed by atoms with Gasteiger partial charge in [-0.2, -0.15) is 14.6 Å². The zero-order valence-electron chi connectivity index (χ0n) is 17.5. The highest BCUT2D eigenvalue weighted by molar-refractivity contribution is 7.99. The third-order valence-electron chi connectivity index (χ3n) is 5.36. The highest BCUT2D eigenvalue weighted by Gasteiger charge is 2.32. The van der Waals surface area contributed by atoms with E-state index in [1.165, 1.54) is 11.8 Å². The molecule has 1 saturated heterocycles. The first-order valence-electron chi connectivity index (χ1n) is 9.63. The molecule has 3 aromatic rings. The molecule has 1 fully saturated rings. The predicted octanol–water partition coefficient (Wildman–Crippen LogP) is 2.35. The lowest BCUT2D eigenvalue weighted by Crippen LogP contribution is -2.45. The smallest absolute Gasteiger partial charge is 0.221 e. The van der Waals surface area contributed by atoms with Gasteiger partial charge in [-0.1, -0.05) is 18.2 Å². The van der Waals surface area contributed by atoms with Crippen LogP contribution in [0.5, 0.6) is 5.88 Å². The van der Waals surface area contributed by atoms with Gasteiger partial charge in [0.05, 0.1) is 17.6 Å². The van der Waals surface area contributed by atoms with E-state index in [-0.39, 0.29) is 9.79 Å². The van der Waals surface area contributed by atoms with Crippen molar-refractivity contribution in [1.29, 1.82) is 0 Å². The van der Waals surface area contributed by atoms with Crippen LogP contribution in [0.1, 0.15) is 5.56 Å². The van der Waals surface area contributed by atoms with Crippen molar-refractivity contribution in [2.75, 3.05) is 51.5 Å². The van der Waals surface area contributed by atoms with E-state index >= 15 is 0 Å². The van der Waals surface area contributed by atoms with Crippen molar-refractivity contribution >= 4 is 33.1 Å². The largest absolute Gasteiger partial charge is 0.481 e. The van der Waals surface area contributed by atoms with E-state index in [4.69, 9.17) is 4.74 Å². The van der Waals surface area contributed by atoms with E-state index in [1.807, 2.05) is 13.2 Å². The number of aromatic nitrogens is 3. The number of piperazine rings is 1. The Balaban J connectivity index is 2.00. The van der Waals surface area contributed by atoms with Crippen molar-refractivity contribution in [2.45, 2.75) is 21.7 Å². The fraction of sp³-hybridized carbons (Fsp3) is 0.400. The van der Waals surface area contributed by atoms with Crippen molar-refractivity contribution < 1.29 is 13.2 Å². The number of hydrogen-bond acceptors (Lipinski definition) is 8. The molecule has 1 aliphatic heterocycles. The van der Waals surface area contributed by atoms with Crippen LogP contribution in [-0.4, -0.2) is 74.5 Å². The molecule has 0 atom stereocenters. The molecule has 4 rings (SSSR count). The Kier molecular flexibility index (Phi) is 5.65. The number of benzene rings is 1.